The number of aromatic nitrogens is 1. The lowest BCUT2D eigenvalue weighted by Crippen LogP contribution is -2.31. The van der Waals surface area contributed by atoms with Gasteiger partial charge in [-0.2, -0.15) is 0 Å². The molecule has 0 radical (unpaired) electrons. The van der Waals surface area contributed by atoms with Gasteiger partial charge in [-0.25, -0.2) is 4.98 Å². The molecule has 4 nitrogen and oxygen atoms in total. The van der Waals surface area contributed by atoms with E-state index in [2.05, 4.69) is 15.6 Å². The standard InChI is InChI=1S/C16H19N3OS/c20-15(9-13-7-4-8-17-13)18-10-14-11-21-16(19-14)12-5-2-1-3-6-12/h1-3,5-6,11,13,17H,4,7-10H2,(H,18,20). The molecule has 2 aromatic rings. The molecular weight excluding hydrogens is 282 g/mol. The summed E-state index contributed by atoms with van der Waals surface area (Å²) < 4.78 is 0. The average Bonchev–Trinajstić information content (AvgIpc) is 3.17. The van der Waals surface area contributed by atoms with Crippen LogP contribution in [0.3, 0.4) is 0 Å². The maximum Gasteiger partial charge on any atom is 0.221 e. The molecule has 21 heavy (non-hydrogen) atoms. The molecule has 1 unspecified atom stereocenters. The number of hydrogen-bond acceptors (Lipinski definition) is 4. The molecule has 2 N–H and O–H groups in total. The molecule has 1 amide bonds. The summed E-state index contributed by atoms with van der Waals surface area (Å²) in [6, 6.07) is 10.5. The van der Waals surface area contributed by atoms with Gasteiger partial charge in [-0.15, -0.1) is 11.3 Å². The van der Waals surface area contributed by atoms with Crippen LogP contribution in [0.2, 0.25) is 0 Å². The smallest absolute Gasteiger partial charge is 0.221 e. The zero-order valence-electron chi connectivity index (χ0n) is 11.8. The fourth-order valence-electron chi connectivity index (χ4n) is 2.52. The predicted octanol–water partition coefficient (Wildman–Crippen LogP) is 2.57. The highest BCUT2D eigenvalue weighted by Crippen LogP contribution is 2.23. The van der Waals surface area contributed by atoms with Crippen molar-refractivity contribution in [3.8, 4) is 10.6 Å². The molecule has 1 aliphatic rings. The number of amides is 1. The number of hydrogen-bond donors (Lipinski definition) is 2. The molecule has 5 heteroatoms. The van der Waals surface area contributed by atoms with E-state index in [1.165, 1.54) is 6.42 Å². The van der Waals surface area contributed by atoms with E-state index in [0.29, 0.717) is 19.0 Å². The highest BCUT2D eigenvalue weighted by molar-refractivity contribution is 7.13. The van der Waals surface area contributed by atoms with Crippen molar-refractivity contribution in [3.63, 3.8) is 0 Å². The van der Waals surface area contributed by atoms with Gasteiger partial charge in [-0.05, 0) is 19.4 Å². The van der Waals surface area contributed by atoms with Crippen molar-refractivity contribution in [2.45, 2.75) is 31.8 Å². The number of carbonyl (C=O) groups excluding carboxylic acids is 1. The molecule has 0 bridgehead atoms. The maximum atomic E-state index is 11.9. The number of thiazole rings is 1. The molecule has 0 aliphatic carbocycles. The minimum absolute atomic E-state index is 0.101. The second-order valence-electron chi connectivity index (χ2n) is 5.28. The molecule has 1 fully saturated rings. The van der Waals surface area contributed by atoms with Crippen LogP contribution in [-0.2, 0) is 11.3 Å². The molecule has 1 aromatic heterocycles. The molecule has 110 valence electrons. The Morgan fingerprint density at radius 2 is 2.24 bits per heavy atom. The van der Waals surface area contributed by atoms with Gasteiger partial charge in [0.2, 0.25) is 5.91 Å². The van der Waals surface area contributed by atoms with Gasteiger partial charge in [0.25, 0.3) is 0 Å². The van der Waals surface area contributed by atoms with Crippen LogP contribution in [0.1, 0.15) is 25.0 Å². The van der Waals surface area contributed by atoms with E-state index < -0.39 is 0 Å². The average molecular weight is 301 g/mol. The van der Waals surface area contributed by atoms with E-state index in [1.54, 1.807) is 11.3 Å². The van der Waals surface area contributed by atoms with E-state index in [0.717, 1.165) is 29.2 Å². The zero-order valence-corrected chi connectivity index (χ0v) is 12.7. The molecule has 1 aliphatic heterocycles. The molecule has 1 aromatic carbocycles. The van der Waals surface area contributed by atoms with Crippen LogP contribution in [0, 0.1) is 0 Å². The van der Waals surface area contributed by atoms with Crippen LogP contribution in [0.25, 0.3) is 10.6 Å². The van der Waals surface area contributed by atoms with Crippen LogP contribution < -0.4 is 10.6 Å². The number of rotatable bonds is 5. The molecular formula is C16H19N3OS. The van der Waals surface area contributed by atoms with Crippen LogP contribution in [0.4, 0.5) is 0 Å². The molecule has 3 rings (SSSR count). The monoisotopic (exact) mass is 301 g/mol. The zero-order chi connectivity index (χ0) is 14.5. The maximum absolute atomic E-state index is 11.9. The van der Waals surface area contributed by atoms with Crippen molar-refractivity contribution >= 4 is 17.2 Å². The summed E-state index contributed by atoms with van der Waals surface area (Å²) in [5.74, 6) is 0.101. The topological polar surface area (TPSA) is 54.0 Å². The van der Waals surface area contributed by atoms with Gasteiger partial charge in [-0.1, -0.05) is 30.3 Å². The first-order valence-corrected chi connectivity index (χ1v) is 8.19. The number of benzene rings is 1. The Bertz CT molecular complexity index is 591. The largest absolute Gasteiger partial charge is 0.350 e. The second-order valence-corrected chi connectivity index (χ2v) is 6.14. The van der Waals surface area contributed by atoms with Crippen LogP contribution in [-0.4, -0.2) is 23.5 Å². The van der Waals surface area contributed by atoms with Crippen molar-refractivity contribution in [2.75, 3.05) is 6.54 Å². The molecule has 0 spiro atoms. The minimum atomic E-state index is 0.101. The summed E-state index contributed by atoms with van der Waals surface area (Å²) in [5, 5.41) is 9.30. The SMILES string of the molecule is O=C(CC1CCCN1)NCc1csc(-c2ccccc2)n1. The van der Waals surface area contributed by atoms with Gasteiger partial charge >= 0.3 is 0 Å². The number of nitrogens with one attached hydrogen (secondary N) is 2. The van der Waals surface area contributed by atoms with Gasteiger partial charge in [-0.3, -0.25) is 4.79 Å². The second kappa shape index (κ2) is 6.83. The molecule has 1 atom stereocenters. The van der Waals surface area contributed by atoms with E-state index in [9.17, 15) is 4.79 Å². The third-order valence-corrected chi connectivity index (χ3v) is 4.57. The van der Waals surface area contributed by atoms with Gasteiger partial charge in [0.15, 0.2) is 0 Å². The Kier molecular flexibility index (Phi) is 4.62. The highest BCUT2D eigenvalue weighted by atomic mass is 32.1. The quantitative estimate of drug-likeness (QED) is 0.892. The first-order valence-electron chi connectivity index (χ1n) is 7.31. The Balaban J connectivity index is 1.51. The lowest BCUT2D eigenvalue weighted by molar-refractivity contribution is -0.121. The van der Waals surface area contributed by atoms with Gasteiger partial charge in [0, 0.05) is 23.4 Å². The summed E-state index contributed by atoms with van der Waals surface area (Å²) in [6.07, 6.45) is 2.84. The fourth-order valence-corrected chi connectivity index (χ4v) is 3.34. The third kappa shape index (κ3) is 3.89. The lowest BCUT2D eigenvalue weighted by Gasteiger charge is -2.09. The van der Waals surface area contributed by atoms with Gasteiger partial charge in [0.05, 0.1) is 12.2 Å². The summed E-state index contributed by atoms with van der Waals surface area (Å²) in [4.78, 5) is 16.4. The Hall–Kier alpha value is -1.72. The summed E-state index contributed by atoms with van der Waals surface area (Å²) in [7, 11) is 0. The van der Waals surface area contributed by atoms with E-state index >= 15 is 0 Å². The van der Waals surface area contributed by atoms with Gasteiger partial charge in [0.1, 0.15) is 5.01 Å². The van der Waals surface area contributed by atoms with Crippen molar-refractivity contribution in [2.24, 2.45) is 0 Å². The fraction of sp³-hybridized carbons (Fsp3) is 0.375. The first-order chi connectivity index (χ1) is 10.3. The predicted molar refractivity (Wildman–Crippen MR) is 85.0 cm³/mol. The normalized spacial score (nSPS) is 17.8. The molecule has 0 saturated carbocycles. The summed E-state index contributed by atoms with van der Waals surface area (Å²) in [6.45, 7) is 1.54. The van der Waals surface area contributed by atoms with Crippen molar-refractivity contribution in [1.29, 1.82) is 0 Å². The summed E-state index contributed by atoms with van der Waals surface area (Å²) in [5.41, 5.74) is 2.04. The third-order valence-electron chi connectivity index (χ3n) is 3.63. The van der Waals surface area contributed by atoms with Crippen molar-refractivity contribution in [1.82, 2.24) is 15.6 Å². The Morgan fingerprint density at radius 3 is 3.00 bits per heavy atom. The van der Waals surface area contributed by atoms with Crippen LogP contribution in [0.5, 0.6) is 0 Å². The van der Waals surface area contributed by atoms with Crippen molar-refractivity contribution in [3.05, 3.63) is 41.4 Å². The molecule has 1 saturated heterocycles. The Labute approximate surface area is 128 Å². The first kappa shape index (κ1) is 14.2. The van der Waals surface area contributed by atoms with E-state index in [1.807, 2.05) is 35.7 Å². The van der Waals surface area contributed by atoms with Crippen LogP contribution in [0.15, 0.2) is 35.7 Å². The number of carbonyl (C=O) groups is 1. The van der Waals surface area contributed by atoms with E-state index in [-0.39, 0.29) is 5.91 Å². The highest BCUT2D eigenvalue weighted by Gasteiger charge is 2.17. The number of nitrogens with zero attached hydrogens (tertiary/aromatic N) is 1. The molecule has 2 heterocycles. The van der Waals surface area contributed by atoms with Gasteiger partial charge < -0.3 is 10.6 Å². The summed E-state index contributed by atoms with van der Waals surface area (Å²) >= 11 is 1.61. The lowest BCUT2D eigenvalue weighted by atomic mass is 10.1. The van der Waals surface area contributed by atoms with E-state index in [4.69, 9.17) is 0 Å². The van der Waals surface area contributed by atoms with Crippen LogP contribution >= 0.6 is 11.3 Å². The Morgan fingerprint density at radius 1 is 1.38 bits per heavy atom. The minimum Gasteiger partial charge on any atom is -0.350 e. The van der Waals surface area contributed by atoms with Crippen molar-refractivity contribution < 1.29 is 4.79 Å².